The number of carbonyl (C=O) groups excluding carboxylic acids is 2. The fraction of sp³-hybridized carbons (Fsp3) is 0.833. The molecule has 2 amide bonds. The van der Waals surface area contributed by atoms with Gasteiger partial charge in [0.1, 0.15) is 17.0 Å². The van der Waals surface area contributed by atoms with Gasteiger partial charge in [-0.1, -0.05) is 20.8 Å². The van der Waals surface area contributed by atoms with Crippen LogP contribution in [0.1, 0.15) is 41.5 Å². The number of alkyl carbamates (subject to hydrolysis) is 1. The van der Waals surface area contributed by atoms with Crippen molar-refractivity contribution in [3.05, 3.63) is 0 Å². The van der Waals surface area contributed by atoms with Crippen molar-refractivity contribution in [2.24, 2.45) is 0 Å². The summed E-state index contributed by atoms with van der Waals surface area (Å²) < 4.78 is 5.15. The van der Waals surface area contributed by atoms with E-state index in [9.17, 15) is 9.59 Å². The standard InChI is InChI=1S/C12H22N2O3S/c1-11(2,3)17-10(16)13-7-8(15)14-9(7)18-12(4,5)6/h7,9H,1-6H3,(H,13,16)(H,14,15). The number of hydrogen-bond acceptors (Lipinski definition) is 4. The highest BCUT2D eigenvalue weighted by Gasteiger charge is 2.43. The lowest BCUT2D eigenvalue weighted by atomic mass is 10.1. The van der Waals surface area contributed by atoms with Gasteiger partial charge in [-0.05, 0) is 20.8 Å². The second kappa shape index (κ2) is 4.99. The van der Waals surface area contributed by atoms with Crippen LogP contribution in [0.25, 0.3) is 0 Å². The number of β-lactam (4-membered cyclic amide) rings is 1. The first kappa shape index (κ1) is 15.1. The SMILES string of the molecule is CC(C)(C)OC(=O)NC1C(=O)NC1SC(C)(C)C. The number of ether oxygens (including phenoxy) is 1. The van der Waals surface area contributed by atoms with E-state index in [2.05, 4.69) is 31.4 Å². The van der Waals surface area contributed by atoms with Gasteiger partial charge in [-0.15, -0.1) is 11.8 Å². The number of hydrogen-bond donors (Lipinski definition) is 2. The normalized spacial score (nSPS) is 24.0. The van der Waals surface area contributed by atoms with Crippen LogP contribution >= 0.6 is 11.8 Å². The first-order valence-electron chi connectivity index (χ1n) is 5.96. The van der Waals surface area contributed by atoms with Gasteiger partial charge in [0, 0.05) is 4.75 Å². The Labute approximate surface area is 112 Å². The molecule has 6 heteroatoms. The summed E-state index contributed by atoms with van der Waals surface area (Å²) in [5.74, 6) is -0.164. The number of rotatable bonds is 2. The highest BCUT2D eigenvalue weighted by molar-refractivity contribution is 8.01. The molecule has 0 aromatic carbocycles. The maximum absolute atomic E-state index is 11.6. The average molecular weight is 274 g/mol. The summed E-state index contributed by atoms with van der Waals surface area (Å²) in [6.45, 7) is 11.5. The maximum atomic E-state index is 11.6. The predicted molar refractivity (Wildman–Crippen MR) is 72.4 cm³/mol. The largest absolute Gasteiger partial charge is 0.444 e. The van der Waals surface area contributed by atoms with Crippen molar-refractivity contribution in [2.75, 3.05) is 0 Å². The van der Waals surface area contributed by atoms with Gasteiger partial charge in [0.15, 0.2) is 0 Å². The van der Waals surface area contributed by atoms with Crippen LogP contribution in [0.3, 0.4) is 0 Å². The molecule has 18 heavy (non-hydrogen) atoms. The van der Waals surface area contributed by atoms with Crippen molar-refractivity contribution in [3.8, 4) is 0 Å². The summed E-state index contributed by atoms with van der Waals surface area (Å²) in [5.41, 5.74) is -0.559. The lowest BCUT2D eigenvalue weighted by Crippen LogP contribution is -2.68. The zero-order valence-electron chi connectivity index (χ0n) is 11.8. The molecule has 104 valence electrons. The molecular weight excluding hydrogens is 252 g/mol. The van der Waals surface area contributed by atoms with E-state index in [-0.39, 0.29) is 16.0 Å². The fourth-order valence-electron chi connectivity index (χ4n) is 1.41. The molecule has 2 N–H and O–H groups in total. The van der Waals surface area contributed by atoms with Crippen molar-refractivity contribution in [2.45, 2.75) is 63.3 Å². The van der Waals surface area contributed by atoms with E-state index in [4.69, 9.17) is 4.74 Å². The highest BCUT2D eigenvalue weighted by Crippen LogP contribution is 2.32. The summed E-state index contributed by atoms with van der Waals surface area (Å²) in [7, 11) is 0. The van der Waals surface area contributed by atoms with E-state index in [1.54, 1.807) is 32.5 Å². The molecule has 5 nitrogen and oxygen atoms in total. The zero-order valence-corrected chi connectivity index (χ0v) is 12.6. The quantitative estimate of drug-likeness (QED) is 0.754. The van der Waals surface area contributed by atoms with E-state index in [1.165, 1.54) is 0 Å². The molecule has 2 unspecified atom stereocenters. The molecule has 0 spiro atoms. The number of thioether (sulfide) groups is 1. The molecule has 1 heterocycles. The molecule has 1 fully saturated rings. The van der Waals surface area contributed by atoms with Crippen LogP contribution in [0.2, 0.25) is 0 Å². The van der Waals surface area contributed by atoms with Gasteiger partial charge in [-0.3, -0.25) is 4.79 Å². The van der Waals surface area contributed by atoms with Gasteiger partial charge >= 0.3 is 6.09 Å². The van der Waals surface area contributed by atoms with Crippen LogP contribution in [0.5, 0.6) is 0 Å². The molecule has 0 aliphatic carbocycles. The summed E-state index contributed by atoms with van der Waals surface area (Å²) in [4.78, 5) is 23.0. The zero-order chi connectivity index (χ0) is 14.1. The first-order valence-corrected chi connectivity index (χ1v) is 6.84. The molecule has 2 atom stereocenters. The van der Waals surface area contributed by atoms with Crippen molar-refractivity contribution >= 4 is 23.8 Å². The summed E-state index contributed by atoms with van der Waals surface area (Å²) in [5, 5.41) is 5.28. The van der Waals surface area contributed by atoms with Gasteiger partial charge in [-0.2, -0.15) is 0 Å². The topological polar surface area (TPSA) is 67.4 Å². The monoisotopic (exact) mass is 274 g/mol. The van der Waals surface area contributed by atoms with Gasteiger partial charge in [0.2, 0.25) is 5.91 Å². The first-order chi connectivity index (χ1) is 7.98. The Balaban J connectivity index is 2.50. The molecule has 0 bridgehead atoms. The summed E-state index contributed by atoms with van der Waals surface area (Å²) >= 11 is 1.61. The summed E-state index contributed by atoms with van der Waals surface area (Å²) in [6.07, 6.45) is -0.554. The second-order valence-corrected chi connectivity index (χ2v) is 8.25. The van der Waals surface area contributed by atoms with Crippen molar-refractivity contribution < 1.29 is 14.3 Å². The predicted octanol–water partition coefficient (Wildman–Crippen LogP) is 1.87. The lowest BCUT2D eigenvalue weighted by molar-refractivity contribution is -0.129. The average Bonchev–Trinajstić information content (AvgIpc) is 2.09. The van der Waals surface area contributed by atoms with E-state index in [0.717, 1.165) is 0 Å². The molecular formula is C12H22N2O3S. The number of nitrogens with one attached hydrogen (secondary N) is 2. The van der Waals surface area contributed by atoms with Gasteiger partial charge in [-0.25, -0.2) is 4.79 Å². The minimum absolute atomic E-state index is 0.0201. The van der Waals surface area contributed by atoms with E-state index >= 15 is 0 Å². The molecule has 1 aliphatic heterocycles. The van der Waals surface area contributed by atoms with Crippen LogP contribution in [-0.4, -0.2) is 33.8 Å². The molecule has 0 radical (unpaired) electrons. The van der Waals surface area contributed by atoms with Crippen LogP contribution in [0, 0.1) is 0 Å². The van der Waals surface area contributed by atoms with Crippen LogP contribution < -0.4 is 10.6 Å². The maximum Gasteiger partial charge on any atom is 0.408 e. The van der Waals surface area contributed by atoms with Crippen LogP contribution in [-0.2, 0) is 9.53 Å². The summed E-state index contributed by atoms with van der Waals surface area (Å²) in [6, 6.07) is -0.510. The number of amides is 2. The third-order valence-corrected chi connectivity index (χ3v) is 3.37. The Morgan fingerprint density at radius 2 is 1.83 bits per heavy atom. The van der Waals surface area contributed by atoms with Gasteiger partial charge in [0.05, 0.1) is 0 Å². The fourth-order valence-corrected chi connectivity index (χ4v) is 2.67. The van der Waals surface area contributed by atoms with Crippen molar-refractivity contribution in [1.82, 2.24) is 10.6 Å². The Morgan fingerprint density at radius 1 is 1.28 bits per heavy atom. The minimum atomic E-state index is -0.559. The Morgan fingerprint density at radius 3 is 2.22 bits per heavy atom. The minimum Gasteiger partial charge on any atom is -0.444 e. The van der Waals surface area contributed by atoms with Crippen molar-refractivity contribution in [1.29, 1.82) is 0 Å². The highest BCUT2D eigenvalue weighted by atomic mass is 32.2. The third kappa shape index (κ3) is 4.76. The lowest BCUT2D eigenvalue weighted by Gasteiger charge is -2.39. The van der Waals surface area contributed by atoms with Crippen LogP contribution in [0.4, 0.5) is 4.79 Å². The van der Waals surface area contributed by atoms with Crippen LogP contribution in [0.15, 0.2) is 0 Å². The van der Waals surface area contributed by atoms with Crippen molar-refractivity contribution in [3.63, 3.8) is 0 Å². The Bertz CT molecular complexity index is 344. The molecule has 1 saturated heterocycles. The molecule has 1 rings (SSSR count). The molecule has 1 aliphatic rings. The second-order valence-electron chi connectivity index (χ2n) is 6.28. The third-order valence-electron chi connectivity index (χ3n) is 2.02. The Hall–Kier alpha value is -0.910. The van der Waals surface area contributed by atoms with E-state index in [0.29, 0.717) is 0 Å². The Kier molecular flexibility index (Phi) is 4.20. The number of carbonyl (C=O) groups is 2. The molecule has 0 saturated carbocycles. The van der Waals surface area contributed by atoms with Gasteiger partial charge < -0.3 is 15.4 Å². The molecule has 0 aromatic rings. The molecule has 0 aromatic heterocycles. The van der Waals surface area contributed by atoms with Gasteiger partial charge in [0.25, 0.3) is 0 Å². The smallest absolute Gasteiger partial charge is 0.408 e. The van der Waals surface area contributed by atoms with E-state index in [1.807, 2.05) is 0 Å². The van der Waals surface area contributed by atoms with E-state index < -0.39 is 17.7 Å².